The molecule has 0 spiro atoms. The van der Waals surface area contributed by atoms with E-state index in [1.807, 2.05) is 25.0 Å². The molecule has 0 aliphatic carbocycles. The Hall–Kier alpha value is -2.21. The largest absolute Gasteiger partial charge is 0.427 e. The Labute approximate surface area is 110 Å². The van der Waals surface area contributed by atoms with Gasteiger partial charge in [-0.15, -0.1) is 0 Å². The van der Waals surface area contributed by atoms with Crippen molar-refractivity contribution in [2.45, 2.75) is 13.4 Å². The van der Waals surface area contributed by atoms with Gasteiger partial charge in [0.1, 0.15) is 5.75 Å². The zero-order valence-corrected chi connectivity index (χ0v) is 10.4. The lowest BCUT2D eigenvalue weighted by Gasteiger charge is -2.05. The van der Waals surface area contributed by atoms with Crippen LogP contribution in [-0.4, -0.2) is 23.2 Å². The molecule has 1 aliphatic heterocycles. The topological polar surface area (TPSA) is 61.3 Å². The fourth-order valence-corrected chi connectivity index (χ4v) is 2.02. The van der Waals surface area contributed by atoms with E-state index >= 15 is 0 Å². The first kappa shape index (κ1) is 11.9. The Bertz CT molecular complexity index is 616. The maximum atomic E-state index is 10.5. The van der Waals surface area contributed by atoms with Crippen molar-refractivity contribution in [2.75, 3.05) is 0 Å². The van der Waals surface area contributed by atoms with Crippen molar-refractivity contribution in [3.05, 3.63) is 41.7 Å². The van der Waals surface area contributed by atoms with E-state index in [-0.39, 0.29) is 12.9 Å². The number of aromatic nitrogens is 2. The summed E-state index contributed by atoms with van der Waals surface area (Å²) in [6.07, 6.45) is 3.54. The minimum absolute atomic E-state index is 0.132. The standard InChI is InChI=1S/C13H11BN2O3/c1-14-12-3-2-11(4-10(12)8-18-14)19-13-15-5-9(7-17)6-16-13/h2-7H,8H2,1H3. The van der Waals surface area contributed by atoms with Crippen LogP contribution in [0.1, 0.15) is 15.9 Å². The van der Waals surface area contributed by atoms with E-state index in [0.717, 1.165) is 5.56 Å². The number of carbonyl (C=O) groups is 1. The second-order valence-corrected chi connectivity index (χ2v) is 4.33. The van der Waals surface area contributed by atoms with Gasteiger partial charge in [-0.25, -0.2) is 9.97 Å². The molecule has 1 aromatic carbocycles. The molecule has 5 nitrogen and oxygen atoms in total. The van der Waals surface area contributed by atoms with Crippen LogP contribution in [0.4, 0.5) is 0 Å². The number of nitrogens with zero attached hydrogens (tertiary/aromatic N) is 2. The minimum atomic E-state index is 0.132. The third-order valence-electron chi connectivity index (χ3n) is 3.03. The van der Waals surface area contributed by atoms with Crippen molar-refractivity contribution in [1.82, 2.24) is 9.97 Å². The molecule has 0 unspecified atom stereocenters. The summed E-state index contributed by atoms with van der Waals surface area (Å²) in [4.78, 5) is 18.4. The number of hydrogen-bond acceptors (Lipinski definition) is 5. The van der Waals surface area contributed by atoms with Gasteiger partial charge in [-0.05, 0) is 23.2 Å². The van der Waals surface area contributed by atoms with Crippen LogP contribution in [0.25, 0.3) is 0 Å². The lowest BCUT2D eigenvalue weighted by molar-refractivity contribution is 0.112. The van der Waals surface area contributed by atoms with Crippen LogP contribution in [0.15, 0.2) is 30.6 Å². The normalized spacial score (nSPS) is 13.2. The summed E-state index contributed by atoms with van der Waals surface area (Å²) in [7, 11) is 0. The van der Waals surface area contributed by atoms with E-state index in [9.17, 15) is 4.79 Å². The first-order valence-corrected chi connectivity index (χ1v) is 5.96. The zero-order valence-electron chi connectivity index (χ0n) is 10.4. The van der Waals surface area contributed by atoms with Crippen LogP contribution in [0, 0.1) is 0 Å². The highest BCUT2D eigenvalue weighted by Crippen LogP contribution is 2.21. The van der Waals surface area contributed by atoms with E-state index in [4.69, 9.17) is 9.39 Å². The van der Waals surface area contributed by atoms with Crippen molar-refractivity contribution in [1.29, 1.82) is 0 Å². The Morgan fingerprint density at radius 1 is 1.37 bits per heavy atom. The van der Waals surface area contributed by atoms with Crippen LogP contribution >= 0.6 is 0 Å². The Kier molecular flexibility index (Phi) is 3.01. The van der Waals surface area contributed by atoms with Gasteiger partial charge < -0.3 is 9.39 Å². The molecule has 0 N–H and O–H groups in total. The molecule has 6 heteroatoms. The summed E-state index contributed by atoms with van der Waals surface area (Å²) in [6.45, 7) is 2.75. The quantitative estimate of drug-likeness (QED) is 0.612. The molecule has 94 valence electrons. The van der Waals surface area contributed by atoms with Crippen LogP contribution in [0.3, 0.4) is 0 Å². The highest BCUT2D eigenvalue weighted by Gasteiger charge is 2.23. The van der Waals surface area contributed by atoms with Crippen LogP contribution in [0.5, 0.6) is 11.8 Å². The third-order valence-corrected chi connectivity index (χ3v) is 3.03. The number of fused-ring (bicyclic) bond motifs is 1. The molecule has 2 aromatic rings. The monoisotopic (exact) mass is 254 g/mol. The van der Waals surface area contributed by atoms with Gasteiger partial charge in [-0.3, -0.25) is 4.79 Å². The summed E-state index contributed by atoms with van der Waals surface area (Å²) in [5.41, 5.74) is 2.72. The van der Waals surface area contributed by atoms with Crippen molar-refractivity contribution in [3.8, 4) is 11.8 Å². The molecule has 3 rings (SSSR count). The molecule has 1 aliphatic rings. The van der Waals surface area contributed by atoms with Gasteiger partial charge >= 0.3 is 12.9 Å². The van der Waals surface area contributed by atoms with Gasteiger partial charge in [0.15, 0.2) is 6.29 Å². The molecule has 1 aromatic heterocycles. The average Bonchev–Trinajstić information content (AvgIpc) is 2.81. The van der Waals surface area contributed by atoms with Crippen LogP contribution in [0.2, 0.25) is 6.82 Å². The molecule has 19 heavy (non-hydrogen) atoms. The van der Waals surface area contributed by atoms with Gasteiger partial charge in [-0.2, -0.15) is 0 Å². The van der Waals surface area contributed by atoms with E-state index in [2.05, 4.69) is 9.97 Å². The first-order chi connectivity index (χ1) is 9.26. The number of benzene rings is 1. The number of hydrogen-bond donors (Lipinski definition) is 0. The van der Waals surface area contributed by atoms with Gasteiger partial charge in [0.25, 0.3) is 0 Å². The lowest BCUT2D eigenvalue weighted by atomic mass is 9.64. The summed E-state index contributed by atoms with van der Waals surface area (Å²) in [5, 5.41) is 0. The fourth-order valence-electron chi connectivity index (χ4n) is 2.02. The van der Waals surface area contributed by atoms with Crippen molar-refractivity contribution in [3.63, 3.8) is 0 Å². The van der Waals surface area contributed by atoms with Crippen molar-refractivity contribution < 1.29 is 14.2 Å². The number of ether oxygens (including phenoxy) is 1. The summed E-state index contributed by atoms with van der Waals surface area (Å²) < 4.78 is 11.1. The molecule has 0 saturated heterocycles. The predicted molar refractivity (Wildman–Crippen MR) is 70.0 cm³/mol. The van der Waals surface area contributed by atoms with E-state index in [0.29, 0.717) is 24.2 Å². The molecule has 0 saturated carbocycles. The number of aldehydes is 1. The first-order valence-electron chi connectivity index (χ1n) is 5.96. The maximum Gasteiger partial charge on any atom is 0.324 e. The Balaban J connectivity index is 1.81. The summed E-state index contributed by atoms with van der Waals surface area (Å²) in [6, 6.07) is 6.00. The van der Waals surface area contributed by atoms with E-state index in [1.54, 1.807) is 0 Å². The average molecular weight is 254 g/mol. The summed E-state index contributed by atoms with van der Waals surface area (Å²) in [5.74, 6) is 0.662. The highest BCUT2D eigenvalue weighted by atomic mass is 16.5. The molecular weight excluding hydrogens is 243 g/mol. The van der Waals surface area contributed by atoms with Gasteiger partial charge in [0.05, 0.1) is 12.2 Å². The predicted octanol–water partition coefficient (Wildman–Crippen LogP) is 1.44. The SMILES string of the molecule is CB1OCc2cc(Oc3ncc(C=O)cn3)ccc21. The molecule has 0 amide bonds. The van der Waals surface area contributed by atoms with Crippen LogP contribution < -0.4 is 10.2 Å². The van der Waals surface area contributed by atoms with Gasteiger partial charge in [0, 0.05) is 12.4 Å². The lowest BCUT2D eigenvalue weighted by Crippen LogP contribution is -2.23. The summed E-state index contributed by atoms with van der Waals surface area (Å²) >= 11 is 0. The van der Waals surface area contributed by atoms with Gasteiger partial charge in [-0.1, -0.05) is 12.9 Å². The Morgan fingerprint density at radius 3 is 2.89 bits per heavy atom. The highest BCUT2D eigenvalue weighted by molar-refractivity contribution is 6.67. The molecular formula is C13H11BN2O3. The Morgan fingerprint density at radius 2 is 2.16 bits per heavy atom. The smallest absolute Gasteiger partial charge is 0.324 e. The second-order valence-electron chi connectivity index (χ2n) is 4.33. The number of rotatable bonds is 3. The fraction of sp³-hybridized carbons (Fsp3) is 0.154. The molecule has 0 bridgehead atoms. The minimum Gasteiger partial charge on any atom is -0.427 e. The number of carbonyl (C=O) groups excluding carboxylic acids is 1. The third kappa shape index (κ3) is 2.35. The second kappa shape index (κ2) is 4.82. The molecule has 0 fully saturated rings. The van der Waals surface area contributed by atoms with Crippen molar-refractivity contribution in [2.24, 2.45) is 0 Å². The van der Waals surface area contributed by atoms with E-state index < -0.39 is 0 Å². The van der Waals surface area contributed by atoms with E-state index in [1.165, 1.54) is 17.9 Å². The molecule has 0 atom stereocenters. The molecule has 2 heterocycles. The van der Waals surface area contributed by atoms with Gasteiger partial charge in [0.2, 0.25) is 0 Å². The van der Waals surface area contributed by atoms with Crippen LogP contribution in [-0.2, 0) is 11.3 Å². The zero-order chi connectivity index (χ0) is 13.2. The van der Waals surface area contributed by atoms with Crippen molar-refractivity contribution >= 4 is 18.7 Å². The maximum absolute atomic E-state index is 10.5. The molecule has 0 radical (unpaired) electrons.